The lowest BCUT2D eigenvalue weighted by molar-refractivity contribution is 0.0696. The van der Waals surface area contributed by atoms with Gasteiger partial charge in [-0.15, -0.1) is 0 Å². The van der Waals surface area contributed by atoms with Crippen LogP contribution in [-0.2, 0) is 0 Å². The normalized spacial score (nSPS) is 9.86. The van der Waals surface area contributed by atoms with E-state index in [2.05, 4.69) is 31.9 Å². The van der Waals surface area contributed by atoms with Crippen molar-refractivity contribution in [2.45, 2.75) is 0 Å². The van der Waals surface area contributed by atoms with E-state index in [0.717, 1.165) is 4.47 Å². The quantitative estimate of drug-likeness (QED) is 0.867. The molecule has 1 N–H and O–H groups in total. The van der Waals surface area contributed by atoms with Gasteiger partial charge in [0, 0.05) is 5.33 Å². The van der Waals surface area contributed by atoms with Gasteiger partial charge in [0.15, 0.2) is 0 Å². The van der Waals surface area contributed by atoms with Crippen LogP contribution < -0.4 is 4.74 Å². The van der Waals surface area contributed by atoms with Crippen molar-refractivity contribution in [1.29, 1.82) is 0 Å². The highest BCUT2D eigenvalue weighted by molar-refractivity contribution is 9.10. The highest BCUT2D eigenvalue weighted by atomic mass is 79.9. The van der Waals surface area contributed by atoms with Crippen LogP contribution in [0.2, 0.25) is 0 Å². The predicted molar refractivity (Wildman–Crippen MR) is 60.4 cm³/mol. The molecular weight excluding hydrogens is 316 g/mol. The molecule has 14 heavy (non-hydrogen) atoms. The van der Waals surface area contributed by atoms with Gasteiger partial charge in [0.05, 0.1) is 16.6 Å². The van der Waals surface area contributed by atoms with Crippen LogP contribution in [0.25, 0.3) is 0 Å². The zero-order valence-electron chi connectivity index (χ0n) is 7.17. The average Bonchev–Trinajstić information content (AvgIpc) is 2.16. The minimum atomic E-state index is -0.957. The van der Waals surface area contributed by atoms with Crippen molar-refractivity contribution >= 4 is 37.8 Å². The fourth-order valence-corrected chi connectivity index (χ4v) is 1.42. The number of benzene rings is 1. The van der Waals surface area contributed by atoms with E-state index in [-0.39, 0.29) is 5.56 Å². The molecule has 0 heterocycles. The second-order valence-corrected chi connectivity index (χ2v) is 4.14. The second-order valence-electron chi connectivity index (χ2n) is 2.49. The summed E-state index contributed by atoms with van der Waals surface area (Å²) in [4.78, 5) is 10.7. The van der Waals surface area contributed by atoms with E-state index in [9.17, 15) is 4.79 Å². The molecule has 0 amide bonds. The van der Waals surface area contributed by atoms with Gasteiger partial charge in [-0.3, -0.25) is 0 Å². The molecule has 1 rings (SSSR count). The molecular formula is C9H8Br2O3. The summed E-state index contributed by atoms with van der Waals surface area (Å²) in [7, 11) is 0. The molecule has 0 spiro atoms. The molecule has 0 saturated heterocycles. The van der Waals surface area contributed by atoms with Crippen LogP contribution in [0.15, 0.2) is 22.7 Å². The number of hydrogen-bond acceptors (Lipinski definition) is 2. The Kier molecular flexibility index (Phi) is 4.41. The van der Waals surface area contributed by atoms with Crippen molar-refractivity contribution in [1.82, 2.24) is 0 Å². The SMILES string of the molecule is O=C(O)c1ccc(Br)c(OCCBr)c1. The van der Waals surface area contributed by atoms with E-state index >= 15 is 0 Å². The number of halogens is 2. The second kappa shape index (κ2) is 5.36. The Balaban J connectivity index is 2.90. The van der Waals surface area contributed by atoms with E-state index in [0.29, 0.717) is 17.7 Å². The molecule has 0 radical (unpaired) electrons. The molecule has 1 aromatic rings. The number of carbonyl (C=O) groups is 1. The summed E-state index contributed by atoms with van der Waals surface area (Å²) in [5.41, 5.74) is 0.220. The molecule has 0 atom stereocenters. The third kappa shape index (κ3) is 2.99. The number of carboxylic acid groups (broad SMARTS) is 1. The number of hydrogen-bond donors (Lipinski definition) is 1. The first kappa shape index (κ1) is 11.5. The van der Waals surface area contributed by atoms with Crippen LogP contribution in [0.1, 0.15) is 10.4 Å². The van der Waals surface area contributed by atoms with Crippen molar-refractivity contribution in [2.24, 2.45) is 0 Å². The molecule has 0 aliphatic heterocycles. The number of rotatable bonds is 4. The monoisotopic (exact) mass is 322 g/mol. The summed E-state index contributed by atoms with van der Waals surface area (Å²) in [6, 6.07) is 4.68. The van der Waals surface area contributed by atoms with Gasteiger partial charge in [-0.2, -0.15) is 0 Å². The van der Waals surface area contributed by atoms with Crippen LogP contribution in [0.3, 0.4) is 0 Å². The molecule has 0 aromatic heterocycles. The first-order chi connectivity index (χ1) is 6.65. The van der Waals surface area contributed by atoms with Crippen LogP contribution in [0.4, 0.5) is 0 Å². The maximum atomic E-state index is 10.7. The topological polar surface area (TPSA) is 46.5 Å². The van der Waals surface area contributed by atoms with E-state index in [1.54, 1.807) is 6.07 Å². The van der Waals surface area contributed by atoms with Crippen molar-refractivity contribution < 1.29 is 14.6 Å². The van der Waals surface area contributed by atoms with Gasteiger partial charge >= 0.3 is 5.97 Å². The lowest BCUT2D eigenvalue weighted by Crippen LogP contribution is -2.01. The largest absolute Gasteiger partial charge is 0.492 e. The predicted octanol–water partition coefficient (Wildman–Crippen LogP) is 2.92. The molecule has 0 fully saturated rings. The van der Waals surface area contributed by atoms with Gasteiger partial charge in [-0.1, -0.05) is 15.9 Å². The minimum Gasteiger partial charge on any atom is -0.492 e. The first-order valence-corrected chi connectivity index (χ1v) is 5.78. The maximum Gasteiger partial charge on any atom is 0.335 e. The van der Waals surface area contributed by atoms with Gasteiger partial charge in [0.1, 0.15) is 5.75 Å². The minimum absolute atomic E-state index is 0.220. The van der Waals surface area contributed by atoms with Crippen molar-refractivity contribution in [3.8, 4) is 5.75 Å². The van der Waals surface area contributed by atoms with Crippen molar-refractivity contribution in [3.63, 3.8) is 0 Å². The summed E-state index contributed by atoms with van der Waals surface area (Å²) in [6.07, 6.45) is 0. The lowest BCUT2D eigenvalue weighted by Gasteiger charge is -2.06. The third-order valence-corrected chi connectivity index (χ3v) is 2.49. The first-order valence-electron chi connectivity index (χ1n) is 3.86. The molecule has 0 saturated carbocycles. The number of carboxylic acids is 1. The van der Waals surface area contributed by atoms with Gasteiger partial charge < -0.3 is 9.84 Å². The van der Waals surface area contributed by atoms with Crippen LogP contribution >= 0.6 is 31.9 Å². The van der Waals surface area contributed by atoms with Gasteiger partial charge in [0.25, 0.3) is 0 Å². The molecule has 0 bridgehead atoms. The Hall–Kier alpha value is -0.550. The van der Waals surface area contributed by atoms with E-state index in [1.165, 1.54) is 12.1 Å². The molecule has 76 valence electrons. The third-order valence-electron chi connectivity index (χ3n) is 1.51. The average molecular weight is 324 g/mol. The van der Waals surface area contributed by atoms with Crippen molar-refractivity contribution in [2.75, 3.05) is 11.9 Å². The summed E-state index contributed by atoms with van der Waals surface area (Å²) in [5.74, 6) is -0.412. The smallest absolute Gasteiger partial charge is 0.335 e. The molecule has 3 nitrogen and oxygen atoms in total. The fraction of sp³-hybridized carbons (Fsp3) is 0.222. The Morgan fingerprint density at radius 2 is 2.21 bits per heavy atom. The van der Waals surface area contributed by atoms with E-state index < -0.39 is 5.97 Å². The lowest BCUT2D eigenvalue weighted by atomic mass is 10.2. The van der Waals surface area contributed by atoms with Crippen molar-refractivity contribution in [3.05, 3.63) is 28.2 Å². The Labute approximate surface area is 98.3 Å². The number of ether oxygens (including phenoxy) is 1. The Morgan fingerprint density at radius 3 is 2.79 bits per heavy atom. The molecule has 1 aromatic carbocycles. The summed E-state index contributed by atoms with van der Waals surface area (Å²) in [5, 5.41) is 9.45. The molecule has 5 heteroatoms. The van der Waals surface area contributed by atoms with E-state index in [1.807, 2.05) is 0 Å². The highest BCUT2D eigenvalue weighted by Gasteiger charge is 2.07. The molecule has 0 aliphatic rings. The molecule has 0 aliphatic carbocycles. The number of aromatic carboxylic acids is 1. The van der Waals surface area contributed by atoms with Crippen LogP contribution in [0, 0.1) is 0 Å². The standard InChI is InChI=1S/C9H8Br2O3/c10-3-4-14-8-5-6(9(12)13)1-2-7(8)11/h1-2,5H,3-4H2,(H,12,13). The van der Waals surface area contributed by atoms with Gasteiger partial charge in [0.2, 0.25) is 0 Å². The Morgan fingerprint density at radius 1 is 1.50 bits per heavy atom. The summed E-state index contributed by atoms with van der Waals surface area (Å²) in [6.45, 7) is 0.502. The fourth-order valence-electron chi connectivity index (χ4n) is 0.896. The Bertz CT molecular complexity index is 339. The summed E-state index contributed by atoms with van der Waals surface area (Å²) < 4.78 is 6.07. The highest BCUT2D eigenvalue weighted by Crippen LogP contribution is 2.26. The van der Waals surface area contributed by atoms with Gasteiger partial charge in [-0.25, -0.2) is 4.79 Å². The summed E-state index contributed by atoms with van der Waals surface area (Å²) >= 11 is 6.50. The van der Waals surface area contributed by atoms with Crippen LogP contribution in [0.5, 0.6) is 5.75 Å². The zero-order chi connectivity index (χ0) is 10.6. The van der Waals surface area contributed by atoms with Gasteiger partial charge in [-0.05, 0) is 34.1 Å². The zero-order valence-corrected chi connectivity index (χ0v) is 10.3. The van der Waals surface area contributed by atoms with Crippen LogP contribution in [-0.4, -0.2) is 23.0 Å². The molecule has 0 unspecified atom stereocenters. The number of alkyl halides is 1. The maximum absolute atomic E-state index is 10.7. The van der Waals surface area contributed by atoms with E-state index in [4.69, 9.17) is 9.84 Å².